The van der Waals surface area contributed by atoms with E-state index in [0.29, 0.717) is 19.5 Å². The fraction of sp³-hybridized carbons (Fsp3) is 0.870. The zero-order valence-electron chi connectivity index (χ0n) is 19.1. The van der Waals surface area contributed by atoms with Gasteiger partial charge in [-0.25, -0.2) is 0 Å². The van der Waals surface area contributed by atoms with Crippen LogP contribution in [0.2, 0.25) is 0 Å². The number of hydrogen-bond acceptors (Lipinski definition) is 4. The Balaban J connectivity index is 3.95. The number of carboxylic acids is 1. The smallest absolute Gasteiger partial charge is 0.303 e. The van der Waals surface area contributed by atoms with Gasteiger partial charge < -0.3 is 21.5 Å². The zero-order valence-corrected chi connectivity index (χ0v) is 19.1. The van der Waals surface area contributed by atoms with E-state index in [9.17, 15) is 14.4 Å². The Morgan fingerprint density at radius 2 is 1.37 bits per heavy atom. The van der Waals surface area contributed by atoms with Gasteiger partial charge in [-0.05, 0) is 32.2 Å². The highest BCUT2D eigenvalue weighted by molar-refractivity contribution is 5.87. The van der Waals surface area contributed by atoms with Gasteiger partial charge >= 0.3 is 5.97 Å². The maximum atomic E-state index is 12.3. The first-order valence-electron chi connectivity index (χ1n) is 12.0. The lowest BCUT2D eigenvalue weighted by atomic mass is 10.0. The monoisotopic (exact) mass is 427 g/mol. The summed E-state index contributed by atoms with van der Waals surface area (Å²) in [7, 11) is 0. The molecule has 0 bridgehead atoms. The van der Waals surface area contributed by atoms with Gasteiger partial charge in [-0.15, -0.1) is 0 Å². The predicted octanol–water partition coefficient (Wildman–Crippen LogP) is 3.89. The maximum Gasteiger partial charge on any atom is 0.303 e. The Bertz CT molecular complexity index is 458. The van der Waals surface area contributed by atoms with Crippen molar-refractivity contribution in [1.29, 1.82) is 0 Å². The highest BCUT2D eigenvalue weighted by atomic mass is 16.4. The molecule has 0 saturated carbocycles. The van der Waals surface area contributed by atoms with Crippen molar-refractivity contribution in [3.8, 4) is 0 Å². The molecule has 30 heavy (non-hydrogen) atoms. The number of aliphatic carboxylic acids is 1. The normalized spacial score (nSPS) is 11.8. The highest BCUT2D eigenvalue weighted by Crippen LogP contribution is 2.12. The lowest BCUT2D eigenvalue weighted by molar-refractivity contribution is -0.138. The molecule has 0 aliphatic rings. The van der Waals surface area contributed by atoms with E-state index in [-0.39, 0.29) is 24.7 Å². The van der Waals surface area contributed by atoms with Crippen LogP contribution in [0.25, 0.3) is 0 Å². The summed E-state index contributed by atoms with van der Waals surface area (Å²) in [4.78, 5) is 35.3. The van der Waals surface area contributed by atoms with Crippen LogP contribution in [0.4, 0.5) is 0 Å². The summed E-state index contributed by atoms with van der Waals surface area (Å²) < 4.78 is 0. The van der Waals surface area contributed by atoms with E-state index in [2.05, 4.69) is 17.6 Å². The second-order valence-corrected chi connectivity index (χ2v) is 8.12. The molecule has 7 heteroatoms. The van der Waals surface area contributed by atoms with Crippen LogP contribution in [0, 0.1) is 0 Å². The average molecular weight is 428 g/mol. The number of carbonyl (C=O) groups excluding carboxylic acids is 2. The van der Waals surface area contributed by atoms with Gasteiger partial charge in [-0.1, -0.05) is 71.1 Å². The van der Waals surface area contributed by atoms with E-state index in [1.807, 2.05) is 0 Å². The Morgan fingerprint density at radius 1 is 0.800 bits per heavy atom. The summed E-state index contributed by atoms with van der Waals surface area (Å²) in [6, 6.07) is -0.792. The van der Waals surface area contributed by atoms with Crippen molar-refractivity contribution < 1.29 is 19.5 Å². The number of rotatable bonds is 21. The van der Waals surface area contributed by atoms with Gasteiger partial charge in [-0.3, -0.25) is 14.4 Å². The molecule has 0 saturated heterocycles. The number of carbonyl (C=O) groups is 3. The standard InChI is InChI=1S/C23H45N3O4/c1-2-3-4-5-6-7-8-9-10-11-12-15-21(27)26-20(16-17-22(28)29)23(30)25-19-14-13-18-24/h20H,2-19,24H2,1H3,(H,25,30)(H,26,27)(H,28,29). The summed E-state index contributed by atoms with van der Waals surface area (Å²) in [5, 5.41) is 14.3. The first-order chi connectivity index (χ1) is 14.5. The van der Waals surface area contributed by atoms with Crippen LogP contribution in [-0.2, 0) is 14.4 Å². The highest BCUT2D eigenvalue weighted by Gasteiger charge is 2.21. The molecule has 0 aromatic rings. The van der Waals surface area contributed by atoms with Crippen LogP contribution in [0.5, 0.6) is 0 Å². The third-order valence-corrected chi connectivity index (χ3v) is 5.24. The molecule has 0 aromatic heterocycles. The van der Waals surface area contributed by atoms with Crippen molar-refractivity contribution in [2.75, 3.05) is 13.1 Å². The summed E-state index contributed by atoms with van der Waals surface area (Å²) in [5.74, 6) is -1.48. The van der Waals surface area contributed by atoms with Crippen molar-refractivity contribution in [2.45, 2.75) is 116 Å². The Kier molecular flexibility index (Phi) is 19.5. The molecule has 1 atom stereocenters. The fourth-order valence-corrected chi connectivity index (χ4v) is 3.36. The quantitative estimate of drug-likeness (QED) is 0.207. The molecule has 0 spiro atoms. The zero-order chi connectivity index (χ0) is 22.5. The van der Waals surface area contributed by atoms with Crippen molar-refractivity contribution in [3.05, 3.63) is 0 Å². The minimum Gasteiger partial charge on any atom is -0.481 e. The van der Waals surface area contributed by atoms with Gasteiger partial charge in [0.15, 0.2) is 0 Å². The molecule has 2 amide bonds. The summed E-state index contributed by atoms with van der Waals surface area (Å²) in [6.07, 6.45) is 15.3. The van der Waals surface area contributed by atoms with E-state index in [0.717, 1.165) is 32.1 Å². The van der Waals surface area contributed by atoms with Crippen LogP contribution in [0.1, 0.15) is 110 Å². The molecule has 7 nitrogen and oxygen atoms in total. The van der Waals surface area contributed by atoms with Gasteiger partial charge in [0.25, 0.3) is 0 Å². The maximum absolute atomic E-state index is 12.3. The van der Waals surface area contributed by atoms with Crippen molar-refractivity contribution in [1.82, 2.24) is 10.6 Å². The van der Waals surface area contributed by atoms with Crippen LogP contribution < -0.4 is 16.4 Å². The number of unbranched alkanes of at least 4 members (excludes halogenated alkanes) is 11. The predicted molar refractivity (Wildman–Crippen MR) is 121 cm³/mol. The molecule has 0 aromatic carbocycles. The summed E-state index contributed by atoms with van der Waals surface area (Å²) in [6.45, 7) is 3.28. The van der Waals surface area contributed by atoms with E-state index in [1.165, 1.54) is 51.4 Å². The minimum absolute atomic E-state index is 0.0993. The van der Waals surface area contributed by atoms with Gasteiger partial charge in [-0.2, -0.15) is 0 Å². The molecule has 1 unspecified atom stereocenters. The van der Waals surface area contributed by atoms with Gasteiger partial charge in [0.2, 0.25) is 11.8 Å². The Labute approximate surface area is 182 Å². The molecule has 0 aliphatic heterocycles. The first kappa shape index (κ1) is 28.4. The molecule has 0 fully saturated rings. The van der Waals surface area contributed by atoms with E-state index >= 15 is 0 Å². The summed E-state index contributed by atoms with van der Waals surface area (Å²) >= 11 is 0. The lowest BCUT2D eigenvalue weighted by Gasteiger charge is -2.18. The van der Waals surface area contributed by atoms with E-state index in [1.54, 1.807) is 0 Å². The Morgan fingerprint density at radius 3 is 1.90 bits per heavy atom. The number of nitrogens with two attached hydrogens (primary N) is 1. The van der Waals surface area contributed by atoms with E-state index in [4.69, 9.17) is 10.8 Å². The van der Waals surface area contributed by atoms with Gasteiger partial charge in [0.1, 0.15) is 6.04 Å². The Hall–Kier alpha value is -1.63. The molecule has 0 heterocycles. The second kappa shape index (κ2) is 20.6. The molecule has 176 valence electrons. The number of carboxylic acid groups (broad SMARTS) is 1. The summed E-state index contributed by atoms with van der Waals surface area (Å²) in [5.41, 5.74) is 5.43. The number of amides is 2. The van der Waals surface area contributed by atoms with E-state index < -0.39 is 12.0 Å². The van der Waals surface area contributed by atoms with Crippen LogP contribution in [0.15, 0.2) is 0 Å². The molecule has 0 rings (SSSR count). The topological polar surface area (TPSA) is 122 Å². The fourth-order valence-electron chi connectivity index (χ4n) is 3.36. The molecular weight excluding hydrogens is 382 g/mol. The lowest BCUT2D eigenvalue weighted by Crippen LogP contribution is -2.47. The molecule has 0 radical (unpaired) electrons. The van der Waals surface area contributed by atoms with Crippen LogP contribution >= 0.6 is 0 Å². The SMILES string of the molecule is CCCCCCCCCCCCCC(=O)NC(CCC(=O)O)C(=O)NCCCCN. The van der Waals surface area contributed by atoms with Gasteiger partial charge in [0, 0.05) is 19.4 Å². The second-order valence-electron chi connectivity index (χ2n) is 8.12. The van der Waals surface area contributed by atoms with Crippen molar-refractivity contribution in [2.24, 2.45) is 5.73 Å². The third-order valence-electron chi connectivity index (χ3n) is 5.24. The third kappa shape index (κ3) is 18.4. The number of hydrogen-bond donors (Lipinski definition) is 4. The molecular formula is C23H45N3O4. The number of nitrogens with one attached hydrogen (secondary N) is 2. The van der Waals surface area contributed by atoms with Crippen LogP contribution in [-0.4, -0.2) is 42.0 Å². The average Bonchev–Trinajstić information content (AvgIpc) is 2.72. The molecule has 5 N–H and O–H groups in total. The first-order valence-corrected chi connectivity index (χ1v) is 12.0. The molecule has 0 aliphatic carbocycles. The largest absolute Gasteiger partial charge is 0.481 e. The van der Waals surface area contributed by atoms with Crippen LogP contribution in [0.3, 0.4) is 0 Å². The van der Waals surface area contributed by atoms with Crippen molar-refractivity contribution >= 4 is 17.8 Å². The van der Waals surface area contributed by atoms with Gasteiger partial charge in [0.05, 0.1) is 0 Å². The minimum atomic E-state index is -0.976. The van der Waals surface area contributed by atoms with Crippen molar-refractivity contribution in [3.63, 3.8) is 0 Å².